The molecule has 2 aromatic heterocycles. The van der Waals surface area contributed by atoms with Gasteiger partial charge in [0, 0.05) is 29.5 Å². The van der Waals surface area contributed by atoms with Gasteiger partial charge in [-0.3, -0.25) is 14.9 Å². The van der Waals surface area contributed by atoms with Gasteiger partial charge in [-0.05, 0) is 23.8 Å². The van der Waals surface area contributed by atoms with E-state index in [2.05, 4.69) is 20.5 Å². The molecule has 6 heteroatoms. The zero-order valence-electron chi connectivity index (χ0n) is 11.6. The molecular formula is C16H13ClN4O. The summed E-state index contributed by atoms with van der Waals surface area (Å²) in [4.78, 5) is 16.3. The summed E-state index contributed by atoms with van der Waals surface area (Å²) in [6, 6.07) is 11.0. The Morgan fingerprint density at radius 1 is 1.18 bits per heavy atom. The lowest BCUT2D eigenvalue weighted by molar-refractivity contribution is 0.0951. The monoisotopic (exact) mass is 312 g/mol. The van der Waals surface area contributed by atoms with Crippen LogP contribution in [-0.2, 0) is 6.54 Å². The summed E-state index contributed by atoms with van der Waals surface area (Å²) < 4.78 is 0. The first-order valence-electron chi connectivity index (χ1n) is 6.70. The highest BCUT2D eigenvalue weighted by Crippen LogP contribution is 2.22. The van der Waals surface area contributed by atoms with Gasteiger partial charge >= 0.3 is 0 Å². The number of nitrogens with zero attached hydrogens (tertiary/aromatic N) is 2. The lowest BCUT2D eigenvalue weighted by atomic mass is 10.1. The van der Waals surface area contributed by atoms with Crippen LogP contribution in [0.25, 0.3) is 11.3 Å². The molecule has 3 aromatic rings. The van der Waals surface area contributed by atoms with Crippen LogP contribution in [0.3, 0.4) is 0 Å². The molecule has 0 aliphatic carbocycles. The molecule has 0 spiro atoms. The Kier molecular flexibility index (Phi) is 4.16. The fourth-order valence-corrected chi connectivity index (χ4v) is 2.20. The molecule has 0 radical (unpaired) electrons. The Morgan fingerprint density at radius 2 is 2.00 bits per heavy atom. The summed E-state index contributed by atoms with van der Waals surface area (Å²) in [6.45, 7) is 0.415. The zero-order chi connectivity index (χ0) is 15.4. The van der Waals surface area contributed by atoms with E-state index in [-0.39, 0.29) is 5.91 Å². The van der Waals surface area contributed by atoms with E-state index < -0.39 is 0 Å². The highest BCUT2D eigenvalue weighted by Gasteiger charge is 2.14. The fraction of sp³-hybridized carbons (Fsp3) is 0.0625. The van der Waals surface area contributed by atoms with E-state index in [1.54, 1.807) is 24.5 Å². The molecule has 5 nitrogen and oxygen atoms in total. The van der Waals surface area contributed by atoms with Crippen LogP contribution in [0.1, 0.15) is 15.9 Å². The SMILES string of the molecule is O=C(NCc1cccnc1)c1cn[nH]c1-c1ccc(Cl)cc1. The molecule has 110 valence electrons. The molecule has 0 saturated heterocycles. The van der Waals surface area contributed by atoms with Gasteiger partial charge in [0.25, 0.3) is 5.91 Å². The Morgan fingerprint density at radius 3 is 2.73 bits per heavy atom. The molecule has 0 bridgehead atoms. The smallest absolute Gasteiger partial charge is 0.255 e. The minimum atomic E-state index is -0.192. The van der Waals surface area contributed by atoms with Crippen molar-refractivity contribution in [2.24, 2.45) is 0 Å². The molecule has 0 aliphatic heterocycles. The molecule has 2 N–H and O–H groups in total. The molecule has 0 fully saturated rings. The third-order valence-corrected chi connectivity index (χ3v) is 3.44. The number of aromatic amines is 1. The van der Waals surface area contributed by atoms with E-state index in [4.69, 9.17) is 11.6 Å². The van der Waals surface area contributed by atoms with Crippen LogP contribution < -0.4 is 5.32 Å². The van der Waals surface area contributed by atoms with Crippen molar-refractivity contribution in [2.75, 3.05) is 0 Å². The number of halogens is 1. The lowest BCUT2D eigenvalue weighted by Crippen LogP contribution is -2.23. The number of carbonyl (C=O) groups is 1. The van der Waals surface area contributed by atoms with Crippen LogP contribution in [0.4, 0.5) is 0 Å². The second kappa shape index (κ2) is 6.41. The molecular weight excluding hydrogens is 300 g/mol. The molecule has 0 aliphatic rings. The van der Waals surface area contributed by atoms with Crippen molar-refractivity contribution in [3.05, 3.63) is 71.1 Å². The maximum absolute atomic E-state index is 12.3. The predicted octanol–water partition coefficient (Wildman–Crippen LogP) is 3.06. The normalized spacial score (nSPS) is 10.4. The highest BCUT2D eigenvalue weighted by atomic mass is 35.5. The van der Waals surface area contributed by atoms with Gasteiger partial charge in [0.1, 0.15) is 0 Å². The number of pyridine rings is 1. The molecule has 0 saturated carbocycles. The predicted molar refractivity (Wildman–Crippen MR) is 84.4 cm³/mol. The van der Waals surface area contributed by atoms with Crippen molar-refractivity contribution in [1.29, 1.82) is 0 Å². The van der Waals surface area contributed by atoms with Crippen LogP contribution in [0.5, 0.6) is 0 Å². The van der Waals surface area contributed by atoms with Crippen LogP contribution in [-0.4, -0.2) is 21.1 Å². The molecule has 0 unspecified atom stereocenters. The summed E-state index contributed by atoms with van der Waals surface area (Å²) in [5, 5.41) is 10.3. The number of amides is 1. The summed E-state index contributed by atoms with van der Waals surface area (Å²) in [7, 11) is 0. The highest BCUT2D eigenvalue weighted by molar-refractivity contribution is 6.30. The number of rotatable bonds is 4. The molecule has 1 aromatic carbocycles. The molecule has 1 amide bonds. The van der Waals surface area contributed by atoms with Gasteiger partial charge in [0.2, 0.25) is 0 Å². The minimum Gasteiger partial charge on any atom is -0.348 e. The Labute approximate surface area is 132 Å². The standard InChI is InChI=1S/C16H13ClN4O/c17-13-5-3-12(4-6-13)15-14(10-20-21-15)16(22)19-9-11-2-1-7-18-8-11/h1-8,10H,9H2,(H,19,22)(H,20,21). The minimum absolute atomic E-state index is 0.192. The van der Waals surface area contributed by atoms with Gasteiger partial charge in [-0.25, -0.2) is 0 Å². The topological polar surface area (TPSA) is 70.7 Å². The first-order chi connectivity index (χ1) is 10.7. The molecule has 0 atom stereocenters. The molecule has 22 heavy (non-hydrogen) atoms. The van der Waals surface area contributed by atoms with Gasteiger partial charge in [-0.1, -0.05) is 29.8 Å². The van der Waals surface area contributed by atoms with E-state index in [0.29, 0.717) is 22.8 Å². The summed E-state index contributed by atoms with van der Waals surface area (Å²) >= 11 is 5.88. The first-order valence-corrected chi connectivity index (χ1v) is 7.08. The van der Waals surface area contributed by atoms with Crippen LogP contribution in [0, 0.1) is 0 Å². The number of H-pyrrole nitrogens is 1. The average Bonchev–Trinajstić information content (AvgIpc) is 3.04. The van der Waals surface area contributed by atoms with Gasteiger partial charge < -0.3 is 5.32 Å². The number of carbonyl (C=O) groups excluding carboxylic acids is 1. The van der Waals surface area contributed by atoms with Crippen LogP contribution >= 0.6 is 11.6 Å². The number of aromatic nitrogens is 3. The number of hydrogen-bond donors (Lipinski definition) is 2. The van der Waals surface area contributed by atoms with E-state index in [9.17, 15) is 4.79 Å². The van der Waals surface area contributed by atoms with E-state index >= 15 is 0 Å². The van der Waals surface area contributed by atoms with Gasteiger partial charge in [-0.15, -0.1) is 0 Å². The van der Waals surface area contributed by atoms with Crippen LogP contribution in [0.2, 0.25) is 5.02 Å². The summed E-state index contributed by atoms with van der Waals surface area (Å²) in [6.07, 6.45) is 4.93. The lowest BCUT2D eigenvalue weighted by Gasteiger charge is -2.06. The van der Waals surface area contributed by atoms with E-state index in [1.807, 2.05) is 24.3 Å². The third-order valence-electron chi connectivity index (χ3n) is 3.19. The average molecular weight is 313 g/mol. The number of nitrogens with one attached hydrogen (secondary N) is 2. The van der Waals surface area contributed by atoms with E-state index in [1.165, 1.54) is 6.20 Å². The maximum Gasteiger partial charge on any atom is 0.255 e. The Bertz CT molecular complexity index is 768. The largest absolute Gasteiger partial charge is 0.348 e. The van der Waals surface area contributed by atoms with Crippen molar-refractivity contribution in [1.82, 2.24) is 20.5 Å². The fourth-order valence-electron chi connectivity index (χ4n) is 2.08. The Hall–Kier alpha value is -2.66. The second-order valence-corrected chi connectivity index (χ2v) is 5.15. The van der Waals surface area contributed by atoms with Crippen molar-refractivity contribution in [3.8, 4) is 11.3 Å². The van der Waals surface area contributed by atoms with Crippen molar-refractivity contribution in [3.63, 3.8) is 0 Å². The van der Waals surface area contributed by atoms with E-state index in [0.717, 1.165) is 11.1 Å². The third kappa shape index (κ3) is 3.15. The second-order valence-electron chi connectivity index (χ2n) is 4.71. The molecule has 2 heterocycles. The molecule has 3 rings (SSSR count). The van der Waals surface area contributed by atoms with Crippen molar-refractivity contribution >= 4 is 17.5 Å². The van der Waals surface area contributed by atoms with Gasteiger partial charge in [0.05, 0.1) is 17.5 Å². The number of hydrogen-bond acceptors (Lipinski definition) is 3. The van der Waals surface area contributed by atoms with Crippen LogP contribution in [0.15, 0.2) is 55.0 Å². The summed E-state index contributed by atoms with van der Waals surface area (Å²) in [5.41, 5.74) is 2.95. The first kappa shape index (κ1) is 14.3. The summed E-state index contributed by atoms with van der Waals surface area (Å²) in [5.74, 6) is -0.192. The van der Waals surface area contributed by atoms with Gasteiger partial charge in [0.15, 0.2) is 0 Å². The van der Waals surface area contributed by atoms with Crippen molar-refractivity contribution < 1.29 is 4.79 Å². The van der Waals surface area contributed by atoms with Gasteiger partial charge in [-0.2, -0.15) is 5.10 Å². The Balaban J connectivity index is 1.76. The van der Waals surface area contributed by atoms with Crippen molar-refractivity contribution in [2.45, 2.75) is 6.54 Å². The number of benzene rings is 1. The maximum atomic E-state index is 12.3. The zero-order valence-corrected chi connectivity index (χ0v) is 12.3. The quantitative estimate of drug-likeness (QED) is 0.778.